The molecule has 6 heteroatoms. The van der Waals surface area contributed by atoms with Crippen molar-refractivity contribution in [1.82, 2.24) is 19.2 Å². The number of nitrogens with zero attached hydrogens (tertiary/aromatic N) is 4. The summed E-state index contributed by atoms with van der Waals surface area (Å²) in [4.78, 5) is 26.6. The molecule has 23 heavy (non-hydrogen) atoms. The Kier molecular flexibility index (Phi) is 3.97. The fourth-order valence-electron chi connectivity index (χ4n) is 2.57. The van der Waals surface area contributed by atoms with Crippen molar-refractivity contribution in [3.8, 4) is 0 Å². The highest BCUT2D eigenvalue weighted by Gasteiger charge is 2.17. The molecule has 0 spiro atoms. The van der Waals surface area contributed by atoms with Crippen LogP contribution in [0.1, 0.15) is 10.4 Å². The van der Waals surface area contributed by atoms with Gasteiger partial charge in [-0.05, 0) is 23.6 Å². The minimum atomic E-state index is -0.278. The molecule has 2 heterocycles. The van der Waals surface area contributed by atoms with Crippen molar-refractivity contribution in [3.63, 3.8) is 0 Å². The number of aromatic nitrogens is 3. The molecule has 0 atom stereocenters. The normalized spacial score (nSPS) is 10.9. The number of fused-ring (bicyclic) bond motifs is 1. The number of hydrogen-bond donors (Lipinski definition) is 0. The number of carbonyl (C=O) groups is 1. The van der Waals surface area contributed by atoms with E-state index in [1.54, 1.807) is 35.9 Å². The molecular formula is C17H18N4O2. The van der Waals surface area contributed by atoms with Crippen LogP contribution < -0.4 is 5.56 Å². The minimum Gasteiger partial charge on any atom is -0.340 e. The first kappa shape index (κ1) is 15.0. The zero-order valence-corrected chi connectivity index (χ0v) is 13.1. The standard InChI is InChI=1S/C17H18N4O2/c1-19(10-11-21-9-5-8-18-21)16(22)14-12-13-6-3-4-7-15(13)20(2)17(14)23/h3-9,12H,10-11H2,1-2H3. The van der Waals surface area contributed by atoms with Crippen LogP contribution in [0.2, 0.25) is 0 Å². The Bertz CT molecular complexity index is 897. The summed E-state index contributed by atoms with van der Waals surface area (Å²) in [6, 6.07) is 11.0. The monoisotopic (exact) mass is 310 g/mol. The van der Waals surface area contributed by atoms with Crippen LogP contribution in [0.4, 0.5) is 0 Å². The molecule has 0 unspecified atom stereocenters. The van der Waals surface area contributed by atoms with Crippen molar-refractivity contribution >= 4 is 16.8 Å². The molecule has 0 aliphatic rings. The van der Waals surface area contributed by atoms with E-state index in [0.29, 0.717) is 13.1 Å². The number of amides is 1. The highest BCUT2D eigenvalue weighted by Crippen LogP contribution is 2.13. The lowest BCUT2D eigenvalue weighted by Gasteiger charge is -2.18. The number of pyridine rings is 1. The Morgan fingerprint density at radius 3 is 2.78 bits per heavy atom. The predicted octanol–water partition coefficient (Wildman–Crippen LogP) is 1.51. The van der Waals surface area contributed by atoms with Gasteiger partial charge in [0.15, 0.2) is 0 Å². The van der Waals surface area contributed by atoms with Crippen molar-refractivity contribution < 1.29 is 4.79 Å². The maximum absolute atomic E-state index is 12.6. The molecule has 6 nitrogen and oxygen atoms in total. The molecule has 0 radical (unpaired) electrons. The second-order valence-electron chi connectivity index (χ2n) is 5.48. The van der Waals surface area contributed by atoms with Gasteiger partial charge in [0, 0.05) is 33.0 Å². The molecule has 1 aromatic carbocycles. The molecule has 0 aliphatic heterocycles. The predicted molar refractivity (Wildman–Crippen MR) is 88.4 cm³/mol. The first-order valence-corrected chi connectivity index (χ1v) is 7.39. The van der Waals surface area contributed by atoms with E-state index in [1.807, 2.05) is 36.5 Å². The third kappa shape index (κ3) is 2.88. The third-order valence-electron chi connectivity index (χ3n) is 3.93. The number of rotatable bonds is 4. The summed E-state index contributed by atoms with van der Waals surface area (Å²) in [5.41, 5.74) is 0.724. The third-order valence-corrected chi connectivity index (χ3v) is 3.93. The molecular weight excluding hydrogens is 292 g/mol. The van der Waals surface area contributed by atoms with E-state index in [2.05, 4.69) is 5.10 Å². The molecule has 0 saturated heterocycles. The average molecular weight is 310 g/mol. The molecule has 0 saturated carbocycles. The molecule has 1 amide bonds. The molecule has 118 valence electrons. The number of carbonyl (C=O) groups excluding carboxylic acids is 1. The molecule has 0 fully saturated rings. The Balaban J connectivity index is 1.88. The summed E-state index contributed by atoms with van der Waals surface area (Å²) in [5, 5.41) is 4.98. The van der Waals surface area contributed by atoms with E-state index in [4.69, 9.17) is 0 Å². The van der Waals surface area contributed by atoms with Gasteiger partial charge in [-0.1, -0.05) is 18.2 Å². The second-order valence-corrected chi connectivity index (χ2v) is 5.48. The number of hydrogen-bond acceptors (Lipinski definition) is 3. The summed E-state index contributed by atoms with van der Waals surface area (Å²) in [5.74, 6) is -0.275. The van der Waals surface area contributed by atoms with E-state index in [1.165, 1.54) is 4.57 Å². The van der Waals surface area contributed by atoms with Gasteiger partial charge in [-0.3, -0.25) is 14.3 Å². The average Bonchev–Trinajstić information content (AvgIpc) is 3.09. The van der Waals surface area contributed by atoms with Crippen LogP contribution in [0.3, 0.4) is 0 Å². The molecule has 0 bridgehead atoms. The fourth-order valence-corrected chi connectivity index (χ4v) is 2.57. The maximum atomic E-state index is 12.6. The summed E-state index contributed by atoms with van der Waals surface area (Å²) in [7, 11) is 3.38. The van der Waals surface area contributed by atoms with Gasteiger partial charge < -0.3 is 9.47 Å². The van der Waals surface area contributed by atoms with Gasteiger partial charge in [0.25, 0.3) is 11.5 Å². The lowest BCUT2D eigenvalue weighted by Crippen LogP contribution is -2.35. The van der Waals surface area contributed by atoms with Crippen LogP contribution in [0.25, 0.3) is 10.9 Å². The van der Waals surface area contributed by atoms with Gasteiger partial charge in [-0.2, -0.15) is 5.10 Å². The van der Waals surface area contributed by atoms with E-state index in [-0.39, 0.29) is 17.0 Å². The Labute approximate surface area is 133 Å². The van der Waals surface area contributed by atoms with Crippen molar-refractivity contribution in [2.75, 3.05) is 13.6 Å². The lowest BCUT2D eigenvalue weighted by atomic mass is 10.1. The van der Waals surface area contributed by atoms with E-state index in [9.17, 15) is 9.59 Å². The van der Waals surface area contributed by atoms with Gasteiger partial charge in [0.1, 0.15) is 5.56 Å². The first-order chi connectivity index (χ1) is 11.1. The molecule has 0 N–H and O–H groups in total. The summed E-state index contributed by atoms with van der Waals surface area (Å²) >= 11 is 0. The van der Waals surface area contributed by atoms with Gasteiger partial charge in [0.2, 0.25) is 0 Å². The number of benzene rings is 1. The zero-order valence-electron chi connectivity index (χ0n) is 13.1. The van der Waals surface area contributed by atoms with Crippen molar-refractivity contribution in [3.05, 3.63) is 64.7 Å². The Hall–Kier alpha value is -2.89. The van der Waals surface area contributed by atoms with Gasteiger partial charge in [0.05, 0.1) is 12.1 Å². The van der Waals surface area contributed by atoms with Gasteiger partial charge in [-0.25, -0.2) is 0 Å². The maximum Gasteiger partial charge on any atom is 0.263 e. The number of para-hydroxylation sites is 1. The molecule has 3 aromatic rings. The van der Waals surface area contributed by atoms with E-state index in [0.717, 1.165) is 10.9 Å². The highest BCUT2D eigenvalue weighted by molar-refractivity contribution is 5.97. The summed E-state index contributed by atoms with van der Waals surface area (Å²) < 4.78 is 3.27. The zero-order chi connectivity index (χ0) is 16.4. The fraction of sp³-hybridized carbons (Fsp3) is 0.235. The largest absolute Gasteiger partial charge is 0.340 e. The van der Waals surface area contributed by atoms with Crippen LogP contribution in [0.15, 0.2) is 53.6 Å². The van der Waals surface area contributed by atoms with Crippen LogP contribution in [-0.2, 0) is 13.6 Å². The Morgan fingerprint density at radius 2 is 2.04 bits per heavy atom. The second kappa shape index (κ2) is 6.08. The van der Waals surface area contributed by atoms with Crippen LogP contribution in [0.5, 0.6) is 0 Å². The van der Waals surface area contributed by atoms with Gasteiger partial charge in [-0.15, -0.1) is 0 Å². The van der Waals surface area contributed by atoms with Crippen molar-refractivity contribution in [2.24, 2.45) is 7.05 Å². The summed E-state index contributed by atoms with van der Waals surface area (Å²) in [6.07, 6.45) is 3.54. The Morgan fingerprint density at radius 1 is 1.26 bits per heavy atom. The number of likely N-dealkylation sites (N-methyl/N-ethyl adjacent to an activating group) is 1. The first-order valence-electron chi connectivity index (χ1n) is 7.39. The SMILES string of the molecule is CN(CCn1cccn1)C(=O)c1cc2ccccc2n(C)c1=O. The van der Waals surface area contributed by atoms with Crippen LogP contribution in [0, 0.1) is 0 Å². The lowest BCUT2D eigenvalue weighted by molar-refractivity contribution is 0.0787. The van der Waals surface area contributed by atoms with Crippen molar-refractivity contribution in [2.45, 2.75) is 6.54 Å². The quantitative estimate of drug-likeness (QED) is 0.734. The van der Waals surface area contributed by atoms with Crippen molar-refractivity contribution in [1.29, 1.82) is 0 Å². The minimum absolute atomic E-state index is 0.189. The van der Waals surface area contributed by atoms with Gasteiger partial charge >= 0.3 is 0 Å². The highest BCUT2D eigenvalue weighted by atomic mass is 16.2. The summed E-state index contributed by atoms with van der Waals surface area (Å²) in [6.45, 7) is 1.07. The van der Waals surface area contributed by atoms with Crippen LogP contribution in [-0.4, -0.2) is 38.7 Å². The molecule has 3 rings (SSSR count). The van der Waals surface area contributed by atoms with Crippen LogP contribution >= 0.6 is 0 Å². The number of aryl methyl sites for hydroxylation is 1. The van der Waals surface area contributed by atoms with E-state index >= 15 is 0 Å². The molecule has 2 aromatic heterocycles. The smallest absolute Gasteiger partial charge is 0.263 e. The topological polar surface area (TPSA) is 60.1 Å². The molecule has 0 aliphatic carbocycles. The van der Waals surface area contributed by atoms with E-state index < -0.39 is 0 Å².